The molecule has 0 radical (unpaired) electrons. The van der Waals surface area contributed by atoms with E-state index in [4.69, 9.17) is 28.5 Å². The normalized spacial score (nSPS) is 34.6. The van der Waals surface area contributed by atoms with Crippen LogP contribution in [-0.2, 0) is 4.79 Å². The van der Waals surface area contributed by atoms with Crippen LogP contribution in [0.1, 0.15) is 62.3 Å². The van der Waals surface area contributed by atoms with Gasteiger partial charge in [-0.2, -0.15) is 5.26 Å². The Labute approximate surface area is 210 Å². The van der Waals surface area contributed by atoms with Crippen molar-refractivity contribution in [3.63, 3.8) is 0 Å². The van der Waals surface area contributed by atoms with E-state index in [1.165, 1.54) is 51.4 Å². The fraction of sp³-hybridized carbons (Fsp3) is 0.680. The summed E-state index contributed by atoms with van der Waals surface area (Å²) in [5.74, 6) is 1.61. The van der Waals surface area contributed by atoms with E-state index in [1.807, 2.05) is 28.8 Å². The average Bonchev–Trinajstić information content (AvgIpc) is 3.18. The highest BCUT2D eigenvalue weighted by atomic mass is 35.5. The number of nitrogens with one attached hydrogen (secondary N) is 2. The van der Waals surface area contributed by atoms with E-state index in [-0.39, 0.29) is 28.6 Å². The van der Waals surface area contributed by atoms with Crippen molar-refractivity contribution in [1.29, 1.82) is 5.26 Å². The number of hydrogen-bond acceptors (Lipinski definition) is 5. The van der Waals surface area contributed by atoms with E-state index in [1.54, 1.807) is 6.07 Å². The molecule has 33 heavy (non-hydrogen) atoms. The lowest BCUT2D eigenvalue weighted by Gasteiger charge is -2.30. The van der Waals surface area contributed by atoms with Gasteiger partial charge in [0, 0.05) is 46.3 Å². The Bertz CT molecular complexity index is 902. The van der Waals surface area contributed by atoms with Crippen LogP contribution in [0, 0.1) is 29.2 Å². The number of carbonyl (C=O) groups excluding carboxylic acids is 1. The van der Waals surface area contributed by atoms with Crippen molar-refractivity contribution in [2.75, 3.05) is 13.1 Å². The second-order valence-electron chi connectivity index (χ2n) is 10.1. The van der Waals surface area contributed by atoms with Crippen molar-refractivity contribution in [1.82, 2.24) is 15.5 Å². The molecule has 178 valence electrons. The SMILES string of the molecule is N#CNC1[C@H]2CN(C(=O)C3NC(c4ccc(Cl)cc4Cl)SC3C3CCCCCCCC3)C[C@@H]12. The minimum atomic E-state index is -0.197. The summed E-state index contributed by atoms with van der Waals surface area (Å²) in [5, 5.41) is 17.0. The molecule has 5 rings (SSSR count). The van der Waals surface area contributed by atoms with Gasteiger partial charge in [0.15, 0.2) is 6.19 Å². The molecule has 4 aliphatic rings. The summed E-state index contributed by atoms with van der Waals surface area (Å²) in [7, 11) is 0. The number of rotatable bonds is 4. The number of benzene rings is 1. The van der Waals surface area contributed by atoms with Gasteiger partial charge < -0.3 is 10.2 Å². The number of nitrogens with zero attached hydrogens (tertiary/aromatic N) is 2. The minimum absolute atomic E-state index is 0.00788. The smallest absolute Gasteiger partial charge is 0.240 e. The first-order chi connectivity index (χ1) is 16.1. The third kappa shape index (κ3) is 4.98. The topological polar surface area (TPSA) is 68.2 Å². The third-order valence-corrected chi connectivity index (χ3v) is 10.3. The number of fused-ring (bicyclic) bond motifs is 1. The number of thioether (sulfide) groups is 1. The van der Waals surface area contributed by atoms with Crippen molar-refractivity contribution in [2.24, 2.45) is 17.8 Å². The molecule has 2 saturated carbocycles. The molecule has 6 atom stereocenters. The summed E-state index contributed by atoms with van der Waals surface area (Å²) in [6.07, 6.45) is 12.2. The van der Waals surface area contributed by atoms with Gasteiger partial charge in [0.05, 0.1) is 5.37 Å². The molecule has 0 spiro atoms. The molecule has 1 aromatic carbocycles. The fourth-order valence-corrected chi connectivity index (χ4v) is 8.51. The fourth-order valence-electron chi connectivity index (χ4n) is 6.19. The molecule has 1 amide bonds. The zero-order valence-corrected chi connectivity index (χ0v) is 21.1. The van der Waals surface area contributed by atoms with Crippen LogP contribution in [0.4, 0.5) is 0 Å². The van der Waals surface area contributed by atoms with Crippen molar-refractivity contribution in [3.8, 4) is 6.19 Å². The van der Waals surface area contributed by atoms with Gasteiger partial charge in [-0.15, -0.1) is 11.8 Å². The standard InChI is InChI=1S/C25H32Cl2N4OS/c26-16-9-10-17(20(27)11-16)24-30-22(23(33-24)15-7-5-3-1-2-4-6-8-15)25(32)31-12-18-19(13-31)21(18)29-14-28/h9-11,15,18-19,21-24,29-30H,1-8,12-13H2/t18-,19+,21?,22?,23?,24?. The third-order valence-electron chi connectivity index (χ3n) is 8.07. The molecule has 0 bridgehead atoms. The predicted octanol–water partition coefficient (Wildman–Crippen LogP) is 5.34. The van der Waals surface area contributed by atoms with Crippen molar-refractivity contribution in [2.45, 2.75) is 74.1 Å². The largest absolute Gasteiger partial charge is 0.341 e. The van der Waals surface area contributed by atoms with E-state index < -0.39 is 0 Å². The van der Waals surface area contributed by atoms with Crippen molar-refractivity contribution >= 4 is 40.9 Å². The van der Waals surface area contributed by atoms with Gasteiger partial charge in [0.2, 0.25) is 5.91 Å². The van der Waals surface area contributed by atoms with Crippen LogP contribution in [0.25, 0.3) is 0 Å². The monoisotopic (exact) mass is 506 g/mol. The van der Waals surface area contributed by atoms with Crippen LogP contribution in [-0.4, -0.2) is 41.2 Å². The van der Waals surface area contributed by atoms with Crippen LogP contribution in [0.3, 0.4) is 0 Å². The molecular weight excluding hydrogens is 475 g/mol. The van der Waals surface area contributed by atoms with Gasteiger partial charge in [-0.1, -0.05) is 67.8 Å². The highest BCUT2D eigenvalue weighted by Crippen LogP contribution is 2.49. The van der Waals surface area contributed by atoms with Crippen molar-refractivity contribution < 1.29 is 4.79 Å². The van der Waals surface area contributed by atoms with Crippen LogP contribution in [0.2, 0.25) is 10.0 Å². The number of hydrogen-bond donors (Lipinski definition) is 2. The second-order valence-corrected chi connectivity index (χ2v) is 12.2. The Kier molecular flexibility index (Phi) is 7.32. The molecule has 2 aliphatic carbocycles. The Morgan fingerprint density at radius 2 is 1.76 bits per heavy atom. The molecule has 5 nitrogen and oxygen atoms in total. The van der Waals surface area contributed by atoms with E-state index in [9.17, 15) is 4.79 Å². The molecule has 2 N–H and O–H groups in total. The first kappa shape index (κ1) is 23.6. The zero-order chi connectivity index (χ0) is 22.9. The number of carbonyl (C=O) groups is 1. The molecule has 1 aromatic rings. The predicted molar refractivity (Wildman–Crippen MR) is 134 cm³/mol. The average molecular weight is 508 g/mol. The Hall–Kier alpha value is -1.13. The molecule has 2 saturated heterocycles. The van der Waals surface area contributed by atoms with E-state index in [2.05, 4.69) is 16.8 Å². The molecule has 2 heterocycles. The van der Waals surface area contributed by atoms with E-state index >= 15 is 0 Å². The molecule has 4 fully saturated rings. The summed E-state index contributed by atoms with van der Waals surface area (Å²) in [6.45, 7) is 1.52. The Balaban J connectivity index is 1.34. The minimum Gasteiger partial charge on any atom is -0.341 e. The molecule has 2 aliphatic heterocycles. The number of piperidine rings is 1. The summed E-state index contributed by atoms with van der Waals surface area (Å²) >= 11 is 14.6. The molecule has 8 heteroatoms. The second kappa shape index (κ2) is 10.2. The van der Waals surface area contributed by atoms with Crippen LogP contribution in [0.5, 0.6) is 0 Å². The van der Waals surface area contributed by atoms with Gasteiger partial charge in [-0.25, -0.2) is 0 Å². The first-order valence-corrected chi connectivity index (χ1v) is 14.1. The molecule has 0 aromatic heterocycles. The number of amides is 1. The van der Waals surface area contributed by atoms with Crippen LogP contribution >= 0.6 is 35.0 Å². The van der Waals surface area contributed by atoms with E-state index in [0.29, 0.717) is 27.8 Å². The van der Waals surface area contributed by atoms with Crippen LogP contribution < -0.4 is 10.6 Å². The summed E-state index contributed by atoms with van der Waals surface area (Å²) < 4.78 is 0. The zero-order valence-electron chi connectivity index (χ0n) is 18.8. The van der Waals surface area contributed by atoms with Crippen molar-refractivity contribution in [3.05, 3.63) is 33.8 Å². The maximum absolute atomic E-state index is 13.8. The van der Waals surface area contributed by atoms with Crippen LogP contribution in [0.15, 0.2) is 18.2 Å². The highest BCUT2D eigenvalue weighted by Gasteiger charge is 2.58. The first-order valence-electron chi connectivity index (χ1n) is 12.4. The summed E-state index contributed by atoms with van der Waals surface area (Å²) in [5.41, 5.74) is 1.01. The number of likely N-dealkylation sites (tertiary alicyclic amines) is 1. The lowest BCUT2D eigenvalue weighted by Crippen LogP contribution is -2.50. The number of nitriles is 1. The summed E-state index contributed by atoms with van der Waals surface area (Å²) in [6, 6.07) is 5.73. The van der Waals surface area contributed by atoms with E-state index in [0.717, 1.165) is 18.7 Å². The maximum atomic E-state index is 13.8. The highest BCUT2D eigenvalue weighted by molar-refractivity contribution is 8.00. The lowest BCUT2D eigenvalue weighted by molar-refractivity contribution is -0.133. The van der Waals surface area contributed by atoms with Gasteiger partial charge in [0.25, 0.3) is 0 Å². The summed E-state index contributed by atoms with van der Waals surface area (Å²) in [4.78, 5) is 15.8. The Morgan fingerprint density at radius 3 is 2.39 bits per heavy atom. The van der Waals surface area contributed by atoms with Gasteiger partial charge >= 0.3 is 0 Å². The lowest BCUT2D eigenvalue weighted by atomic mass is 9.89. The quantitative estimate of drug-likeness (QED) is 0.425. The Morgan fingerprint density at radius 1 is 1.09 bits per heavy atom. The maximum Gasteiger partial charge on any atom is 0.240 e. The number of halogens is 2. The van der Waals surface area contributed by atoms with Gasteiger partial charge in [-0.05, 0) is 36.5 Å². The molecular formula is C25H32Cl2N4OS. The van der Waals surface area contributed by atoms with Gasteiger partial charge in [0.1, 0.15) is 6.04 Å². The molecule has 4 unspecified atom stereocenters. The van der Waals surface area contributed by atoms with Gasteiger partial charge in [-0.3, -0.25) is 10.1 Å².